The van der Waals surface area contributed by atoms with E-state index in [1.807, 2.05) is 0 Å². The van der Waals surface area contributed by atoms with Gasteiger partial charge in [-0.15, -0.1) is 0 Å². The number of esters is 2. The molecular weight excluding hydrogens is 602 g/mol. The molecule has 9 heteroatoms. The van der Waals surface area contributed by atoms with Crippen LogP contribution in [0.4, 0.5) is 0 Å². The number of hydrogen-bond donors (Lipinski definition) is 0. The number of ether oxygens (including phenoxy) is 2. The number of carboxylic acid groups (broad SMARTS) is 2. The molecular formula is C34H58O8Zn. The van der Waals surface area contributed by atoms with E-state index >= 15 is 0 Å². The summed E-state index contributed by atoms with van der Waals surface area (Å²) in [5, 5.41) is 20.6. The smallest absolute Gasteiger partial charge is 0.550 e. The van der Waals surface area contributed by atoms with Gasteiger partial charge >= 0.3 is 31.4 Å². The summed E-state index contributed by atoms with van der Waals surface area (Å²) in [4.78, 5) is 43.2. The van der Waals surface area contributed by atoms with Gasteiger partial charge in [-0.25, -0.2) is 9.59 Å². The van der Waals surface area contributed by atoms with E-state index < -0.39 is 36.7 Å². The molecule has 0 heterocycles. The Labute approximate surface area is 274 Å². The van der Waals surface area contributed by atoms with Crippen LogP contribution in [0, 0.1) is 0 Å². The van der Waals surface area contributed by atoms with Crippen molar-refractivity contribution in [2.75, 3.05) is 13.2 Å². The van der Waals surface area contributed by atoms with Crippen LogP contribution in [-0.4, -0.2) is 37.1 Å². The minimum absolute atomic E-state index is 0. The Kier molecular flexibility index (Phi) is 36.4. The molecule has 0 N–H and O–H groups in total. The number of carbonyl (C=O) groups is 4. The average Bonchev–Trinajstić information content (AvgIpc) is 2.94. The van der Waals surface area contributed by atoms with E-state index in [0.717, 1.165) is 38.5 Å². The first kappa shape index (κ1) is 45.4. The zero-order valence-corrected chi connectivity index (χ0v) is 30.3. The van der Waals surface area contributed by atoms with Crippen molar-refractivity contribution in [3.63, 3.8) is 0 Å². The predicted molar refractivity (Wildman–Crippen MR) is 163 cm³/mol. The maximum Gasteiger partial charge on any atom is 2.00 e. The fourth-order valence-corrected chi connectivity index (χ4v) is 4.21. The number of unbranched alkanes of at least 4 members (excludes halogenated alkanes) is 18. The molecule has 43 heavy (non-hydrogen) atoms. The molecule has 0 unspecified atom stereocenters. The van der Waals surface area contributed by atoms with Crippen LogP contribution >= 0.6 is 0 Å². The van der Waals surface area contributed by atoms with Crippen LogP contribution in [0.15, 0.2) is 24.3 Å². The topological polar surface area (TPSA) is 133 Å². The molecule has 0 fully saturated rings. The van der Waals surface area contributed by atoms with E-state index in [1.165, 1.54) is 89.9 Å². The van der Waals surface area contributed by atoms with Crippen LogP contribution in [0.5, 0.6) is 0 Å². The fraction of sp³-hybridized carbons (Fsp3) is 0.765. The van der Waals surface area contributed by atoms with Crippen molar-refractivity contribution in [1.82, 2.24) is 0 Å². The second-order valence-corrected chi connectivity index (χ2v) is 10.9. The Hall–Kier alpha value is -2.02. The van der Waals surface area contributed by atoms with Gasteiger partial charge < -0.3 is 29.3 Å². The van der Waals surface area contributed by atoms with E-state index in [0.29, 0.717) is 13.2 Å². The van der Waals surface area contributed by atoms with Gasteiger partial charge in [-0.2, -0.15) is 0 Å². The number of carboxylic acids is 2. The Bertz CT molecular complexity index is 689. The van der Waals surface area contributed by atoms with E-state index in [9.17, 15) is 29.4 Å². The van der Waals surface area contributed by atoms with E-state index in [4.69, 9.17) is 9.47 Å². The second kappa shape index (κ2) is 34.5. The molecule has 8 nitrogen and oxygen atoms in total. The molecule has 0 aromatic heterocycles. The van der Waals surface area contributed by atoms with Crippen LogP contribution in [0.2, 0.25) is 0 Å². The monoisotopic (exact) mass is 658 g/mol. The first-order valence-corrected chi connectivity index (χ1v) is 16.2. The zero-order chi connectivity index (χ0) is 31.8. The maximum absolute atomic E-state index is 11.3. The molecule has 0 radical (unpaired) electrons. The molecule has 0 saturated heterocycles. The normalized spacial score (nSPS) is 10.1. The minimum Gasteiger partial charge on any atom is -0.550 e. The quantitative estimate of drug-likeness (QED) is 0.0414. The predicted octanol–water partition coefficient (Wildman–Crippen LogP) is 6.29. The van der Waals surface area contributed by atoms with Gasteiger partial charge in [0.1, 0.15) is 0 Å². The van der Waals surface area contributed by atoms with Crippen molar-refractivity contribution in [2.45, 2.75) is 155 Å². The number of rotatable bonds is 28. The number of hydrogen-bond acceptors (Lipinski definition) is 8. The summed E-state index contributed by atoms with van der Waals surface area (Å²) in [5.74, 6) is -3.88. The Morgan fingerprint density at radius 2 is 0.698 bits per heavy atom. The summed E-state index contributed by atoms with van der Waals surface area (Å²) in [6, 6.07) is 0. The summed E-state index contributed by atoms with van der Waals surface area (Å²) >= 11 is 0. The Morgan fingerprint density at radius 3 is 0.930 bits per heavy atom. The van der Waals surface area contributed by atoms with Crippen LogP contribution in [0.3, 0.4) is 0 Å². The number of carbonyl (C=O) groups excluding carboxylic acids is 4. The van der Waals surface area contributed by atoms with Crippen LogP contribution in [0.1, 0.15) is 155 Å². The van der Waals surface area contributed by atoms with Crippen molar-refractivity contribution in [3.05, 3.63) is 24.3 Å². The average molecular weight is 660 g/mol. The van der Waals surface area contributed by atoms with Gasteiger partial charge in [0, 0.05) is 35.9 Å². The molecule has 244 valence electrons. The molecule has 0 aliphatic carbocycles. The zero-order valence-electron chi connectivity index (χ0n) is 27.4. The molecule has 0 amide bonds. The van der Waals surface area contributed by atoms with Crippen LogP contribution in [0.25, 0.3) is 0 Å². The molecule has 0 rings (SSSR count). The van der Waals surface area contributed by atoms with Crippen molar-refractivity contribution in [1.29, 1.82) is 0 Å². The molecule has 0 atom stereocenters. The van der Waals surface area contributed by atoms with Gasteiger partial charge in [-0.3, -0.25) is 0 Å². The van der Waals surface area contributed by atoms with E-state index in [-0.39, 0.29) is 30.6 Å². The summed E-state index contributed by atoms with van der Waals surface area (Å²) in [6.07, 6.45) is 23.4. The molecule has 0 saturated carbocycles. The van der Waals surface area contributed by atoms with Crippen LogP contribution < -0.4 is 10.2 Å². The van der Waals surface area contributed by atoms with E-state index in [1.54, 1.807) is 0 Å². The molecule has 0 spiro atoms. The van der Waals surface area contributed by atoms with Gasteiger partial charge in [-0.1, -0.05) is 143 Å². The molecule has 0 aliphatic heterocycles. The Balaban J connectivity index is -0.000000727. The van der Waals surface area contributed by atoms with Gasteiger partial charge in [0.15, 0.2) is 0 Å². The summed E-state index contributed by atoms with van der Waals surface area (Å²) in [5.41, 5.74) is -0.107. The van der Waals surface area contributed by atoms with E-state index in [2.05, 4.69) is 27.0 Å². The van der Waals surface area contributed by atoms with Gasteiger partial charge in [0.05, 0.1) is 13.2 Å². The van der Waals surface area contributed by atoms with Crippen LogP contribution in [-0.2, 0) is 48.1 Å². The molecule has 0 aromatic rings. The van der Waals surface area contributed by atoms with Gasteiger partial charge in [0.2, 0.25) is 0 Å². The third kappa shape index (κ3) is 36.1. The fourth-order valence-electron chi connectivity index (χ4n) is 4.21. The van der Waals surface area contributed by atoms with Crippen molar-refractivity contribution >= 4 is 23.9 Å². The number of aliphatic carboxylic acids is 2. The summed E-state index contributed by atoms with van der Waals surface area (Å²) in [7, 11) is 0. The standard InChI is InChI=1S/2C17H30O4.Zn/c2*1-3-4-5-6-7-8-9-10-11-12-13-21-17(20)15(2)14-16(18)19;/h2*2-14H2,1H3,(H,18,19);/q;;+2/p-2. The van der Waals surface area contributed by atoms with Crippen molar-refractivity contribution < 1.29 is 58.3 Å². The maximum atomic E-state index is 11.3. The van der Waals surface area contributed by atoms with Crippen molar-refractivity contribution in [3.8, 4) is 0 Å². The minimum atomic E-state index is -1.31. The summed E-state index contributed by atoms with van der Waals surface area (Å²) < 4.78 is 9.89. The second-order valence-electron chi connectivity index (χ2n) is 10.9. The third-order valence-corrected chi connectivity index (χ3v) is 6.75. The molecule has 0 aliphatic rings. The Morgan fingerprint density at radius 1 is 0.465 bits per heavy atom. The van der Waals surface area contributed by atoms with Crippen molar-refractivity contribution in [2.24, 2.45) is 0 Å². The van der Waals surface area contributed by atoms with Gasteiger partial charge in [-0.05, 0) is 12.8 Å². The first-order valence-electron chi connectivity index (χ1n) is 16.2. The summed E-state index contributed by atoms with van der Waals surface area (Å²) in [6.45, 7) is 11.9. The van der Waals surface area contributed by atoms with Gasteiger partial charge in [0.25, 0.3) is 0 Å². The SMILES string of the molecule is C=C(CC(=O)[O-])C(=O)OCCCCCCCCCCCC.C=C(CC(=O)[O-])C(=O)OCCCCCCCCCCCC.[Zn+2]. The molecule has 0 aromatic carbocycles. The largest absolute Gasteiger partial charge is 2.00 e. The third-order valence-electron chi connectivity index (χ3n) is 6.75. The molecule has 0 bridgehead atoms. The first-order chi connectivity index (χ1) is 20.1.